The van der Waals surface area contributed by atoms with Gasteiger partial charge in [-0.25, -0.2) is 4.98 Å². The van der Waals surface area contributed by atoms with Gasteiger partial charge in [-0.1, -0.05) is 0 Å². The van der Waals surface area contributed by atoms with E-state index in [1.807, 2.05) is 18.5 Å². The Morgan fingerprint density at radius 3 is 3.00 bits per heavy atom. The maximum Gasteiger partial charge on any atom is 0.323 e. The molecular formula is C11H14N2O2S. The van der Waals surface area contributed by atoms with Crippen molar-refractivity contribution >= 4 is 17.3 Å². The Morgan fingerprint density at radius 2 is 2.50 bits per heavy atom. The minimum Gasteiger partial charge on any atom is -0.468 e. The molecule has 0 aliphatic rings. The summed E-state index contributed by atoms with van der Waals surface area (Å²) in [7, 11) is 1.31. The summed E-state index contributed by atoms with van der Waals surface area (Å²) in [6, 6.07) is 1.96. The molecule has 1 aromatic heterocycles. The zero-order chi connectivity index (χ0) is 12.0. The van der Waals surface area contributed by atoms with Crippen LogP contribution in [-0.2, 0) is 16.0 Å². The normalized spacial score (nSPS) is 11.8. The predicted molar refractivity (Wildman–Crippen MR) is 60.9 cm³/mol. The van der Waals surface area contributed by atoms with Crippen LogP contribution >= 0.6 is 11.3 Å². The second kappa shape index (κ2) is 6.23. The number of nitriles is 1. The van der Waals surface area contributed by atoms with Crippen LogP contribution in [0.15, 0.2) is 5.51 Å². The van der Waals surface area contributed by atoms with Gasteiger partial charge < -0.3 is 4.74 Å². The molecule has 16 heavy (non-hydrogen) atoms. The number of carbonyl (C=O) groups is 1. The van der Waals surface area contributed by atoms with Gasteiger partial charge in [0.15, 0.2) is 0 Å². The van der Waals surface area contributed by atoms with Gasteiger partial charge in [0, 0.05) is 4.88 Å². The minimum absolute atomic E-state index is 0.441. The fraction of sp³-hybridized carbons (Fsp3) is 0.545. The van der Waals surface area contributed by atoms with E-state index in [2.05, 4.69) is 9.72 Å². The number of esters is 1. The van der Waals surface area contributed by atoms with Crippen LogP contribution in [0.3, 0.4) is 0 Å². The van der Waals surface area contributed by atoms with Crippen molar-refractivity contribution in [3.05, 3.63) is 16.1 Å². The van der Waals surface area contributed by atoms with Crippen LogP contribution in [0, 0.1) is 24.2 Å². The Labute approximate surface area is 98.9 Å². The number of hydrogen-bond acceptors (Lipinski definition) is 5. The first kappa shape index (κ1) is 12.7. The van der Waals surface area contributed by atoms with Gasteiger partial charge in [-0.3, -0.25) is 4.79 Å². The second-order valence-corrected chi connectivity index (χ2v) is 4.40. The summed E-state index contributed by atoms with van der Waals surface area (Å²) in [5, 5.41) is 8.78. The molecule has 1 rings (SSSR count). The molecule has 86 valence electrons. The first-order chi connectivity index (χ1) is 7.69. The maximum atomic E-state index is 11.1. The molecule has 0 aliphatic carbocycles. The quantitative estimate of drug-likeness (QED) is 0.737. The number of thiazole rings is 1. The van der Waals surface area contributed by atoms with Crippen molar-refractivity contribution in [3.63, 3.8) is 0 Å². The van der Waals surface area contributed by atoms with Crippen LogP contribution in [-0.4, -0.2) is 18.1 Å². The number of carbonyl (C=O) groups excluding carboxylic acids is 1. The molecule has 0 amide bonds. The topological polar surface area (TPSA) is 63.0 Å². The van der Waals surface area contributed by atoms with E-state index in [9.17, 15) is 4.79 Å². The molecule has 1 heterocycles. The van der Waals surface area contributed by atoms with E-state index in [1.165, 1.54) is 12.0 Å². The van der Waals surface area contributed by atoms with Gasteiger partial charge in [-0.15, -0.1) is 11.3 Å². The minimum atomic E-state index is -0.641. The monoisotopic (exact) mass is 238 g/mol. The number of aryl methyl sites for hydroxylation is 2. The fourth-order valence-corrected chi connectivity index (χ4v) is 2.23. The molecule has 0 saturated heterocycles. The fourth-order valence-electron chi connectivity index (χ4n) is 1.41. The molecule has 0 fully saturated rings. The number of ether oxygens (including phenoxy) is 1. The molecule has 0 aromatic carbocycles. The summed E-state index contributed by atoms with van der Waals surface area (Å²) >= 11 is 1.61. The summed E-state index contributed by atoms with van der Waals surface area (Å²) in [5.41, 5.74) is 2.85. The summed E-state index contributed by atoms with van der Waals surface area (Å²) in [4.78, 5) is 16.5. The average molecular weight is 238 g/mol. The molecule has 1 aromatic rings. The zero-order valence-corrected chi connectivity index (χ0v) is 10.2. The molecule has 0 bridgehead atoms. The van der Waals surface area contributed by atoms with Crippen LogP contribution in [0.1, 0.15) is 23.4 Å². The lowest BCUT2D eigenvalue weighted by Gasteiger charge is -2.05. The summed E-state index contributed by atoms with van der Waals surface area (Å²) in [5.74, 6) is -1.08. The van der Waals surface area contributed by atoms with Crippen molar-refractivity contribution in [2.45, 2.75) is 26.2 Å². The predicted octanol–water partition coefficient (Wildman–Crippen LogP) is 2.09. The number of methoxy groups -OCH3 is 1. The molecular weight excluding hydrogens is 224 g/mol. The molecule has 1 unspecified atom stereocenters. The van der Waals surface area contributed by atoms with Crippen molar-refractivity contribution in [1.82, 2.24) is 4.98 Å². The smallest absolute Gasteiger partial charge is 0.323 e. The summed E-state index contributed by atoms with van der Waals surface area (Å²) in [6.45, 7) is 1.97. The Bertz CT molecular complexity index is 395. The van der Waals surface area contributed by atoms with E-state index in [4.69, 9.17) is 5.26 Å². The number of nitrogens with zero attached hydrogens (tertiary/aromatic N) is 2. The van der Waals surface area contributed by atoms with Gasteiger partial charge in [0.25, 0.3) is 0 Å². The van der Waals surface area contributed by atoms with Gasteiger partial charge >= 0.3 is 5.97 Å². The lowest BCUT2D eigenvalue weighted by Crippen LogP contribution is -2.14. The summed E-state index contributed by atoms with van der Waals surface area (Å²) < 4.78 is 4.54. The SMILES string of the molecule is COC(=O)C(C#N)CCCc1scnc1C. The van der Waals surface area contributed by atoms with Gasteiger partial charge in [0.1, 0.15) is 5.92 Å². The van der Waals surface area contributed by atoms with Crippen molar-refractivity contribution in [3.8, 4) is 6.07 Å². The first-order valence-electron chi connectivity index (χ1n) is 5.05. The molecule has 0 spiro atoms. The van der Waals surface area contributed by atoms with Gasteiger partial charge in [0.05, 0.1) is 24.4 Å². The molecule has 0 saturated carbocycles. The molecule has 0 radical (unpaired) electrons. The molecule has 0 aliphatic heterocycles. The largest absolute Gasteiger partial charge is 0.468 e. The van der Waals surface area contributed by atoms with E-state index in [0.717, 1.165) is 18.5 Å². The maximum absolute atomic E-state index is 11.1. The van der Waals surface area contributed by atoms with E-state index in [-0.39, 0.29) is 0 Å². The van der Waals surface area contributed by atoms with Crippen molar-refractivity contribution in [1.29, 1.82) is 5.26 Å². The molecule has 0 N–H and O–H groups in total. The van der Waals surface area contributed by atoms with Crippen LogP contribution in [0.4, 0.5) is 0 Å². The number of hydrogen-bond donors (Lipinski definition) is 0. The number of rotatable bonds is 5. The average Bonchev–Trinajstić information content (AvgIpc) is 2.69. The Hall–Kier alpha value is -1.41. The van der Waals surface area contributed by atoms with Crippen LogP contribution in [0.5, 0.6) is 0 Å². The van der Waals surface area contributed by atoms with Crippen LogP contribution in [0.25, 0.3) is 0 Å². The summed E-state index contributed by atoms with van der Waals surface area (Å²) in [6.07, 6.45) is 2.21. The third kappa shape index (κ3) is 3.31. The van der Waals surface area contributed by atoms with Crippen LogP contribution < -0.4 is 0 Å². The number of aromatic nitrogens is 1. The zero-order valence-electron chi connectivity index (χ0n) is 9.40. The van der Waals surface area contributed by atoms with Gasteiger partial charge in [0.2, 0.25) is 0 Å². The molecule has 5 heteroatoms. The Morgan fingerprint density at radius 1 is 1.75 bits per heavy atom. The third-order valence-electron chi connectivity index (χ3n) is 2.38. The van der Waals surface area contributed by atoms with E-state index >= 15 is 0 Å². The van der Waals surface area contributed by atoms with E-state index < -0.39 is 11.9 Å². The van der Waals surface area contributed by atoms with Crippen molar-refractivity contribution < 1.29 is 9.53 Å². The highest BCUT2D eigenvalue weighted by atomic mass is 32.1. The standard InChI is InChI=1S/C11H14N2O2S/c1-8-10(16-7-13-8)5-3-4-9(6-12)11(14)15-2/h7,9H,3-5H2,1-2H3. The molecule has 4 nitrogen and oxygen atoms in total. The van der Waals surface area contributed by atoms with Crippen molar-refractivity contribution in [2.75, 3.05) is 7.11 Å². The highest BCUT2D eigenvalue weighted by molar-refractivity contribution is 7.09. The third-order valence-corrected chi connectivity index (χ3v) is 3.38. The lowest BCUT2D eigenvalue weighted by molar-refractivity contribution is -0.143. The Kier molecular flexibility index (Phi) is 4.93. The first-order valence-corrected chi connectivity index (χ1v) is 5.93. The van der Waals surface area contributed by atoms with E-state index in [1.54, 1.807) is 11.3 Å². The molecule has 1 atom stereocenters. The van der Waals surface area contributed by atoms with E-state index in [0.29, 0.717) is 6.42 Å². The highest BCUT2D eigenvalue weighted by Gasteiger charge is 2.17. The van der Waals surface area contributed by atoms with Gasteiger partial charge in [-0.2, -0.15) is 5.26 Å². The lowest BCUT2D eigenvalue weighted by atomic mass is 10.0. The van der Waals surface area contributed by atoms with Crippen molar-refractivity contribution in [2.24, 2.45) is 5.92 Å². The van der Waals surface area contributed by atoms with Crippen LogP contribution in [0.2, 0.25) is 0 Å². The Balaban J connectivity index is 2.38. The van der Waals surface area contributed by atoms with Gasteiger partial charge in [-0.05, 0) is 26.2 Å². The highest BCUT2D eigenvalue weighted by Crippen LogP contribution is 2.17. The second-order valence-electron chi connectivity index (χ2n) is 3.46.